The van der Waals surface area contributed by atoms with E-state index in [9.17, 15) is 81.3 Å². The minimum Gasteiger partial charge on any atom is -0.743 e. The number of benzene rings is 9. The maximum Gasteiger partial charge on any atom is 0.508 e. The lowest BCUT2D eigenvalue weighted by molar-refractivity contribution is -0.166. The van der Waals surface area contributed by atoms with Gasteiger partial charge in [-0.2, -0.15) is 22.0 Å². The highest BCUT2D eigenvalue weighted by Crippen LogP contribution is 2.70. The molecule has 8 saturated carbocycles. The first kappa shape index (κ1) is 120. The van der Waals surface area contributed by atoms with Gasteiger partial charge in [-0.05, 0) is 294 Å². The number of ketones is 3. The largest absolute Gasteiger partial charge is 0.743 e. The number of hydrogen-bond donors (Lipinski definition) is 0. The molecule has 0 aliphatic heterocycles. The summed E-state index contributed by atoms with van der Waals surface area (Å²) in [5.74, 6) is 1.08. The van der Waals surface area contributed by atoms with Gasteiger partial charge in [-0.15, -0.1) is 0 Å². The number of halogens is 9. The fourth-order valence-electron chi connectivity index (χ4n) is 24.7. The van der Waals surface area contributed by atoms with Crippen molar-refractivity contribution in [1.82, 2.24) is 0 Å². The number of alkyl halides is 9. The third-order valence-corrected chi connectivity index (χ3v) is 40.7. The summed E-state index contributed by atoms with van der Waals surface area (Å²) in [6.07, 6.45) is 14.2. The van der Waals surface area contributed by atoms with E-state index in [4.69, 9.17) is 27.2 Å². The highest BCUT2D eigenvalue weighted by atomic mass is 32.2. The van der Waals surface area contributed by atoms with E-state index in [2.05, 4.69) is 326 Å². The highest BCUT2D eigenvalue weighted by molar-refractivity contribution is 7.97. The molecule has 17 rings (SSSR count). The number of fused-ring (bicyclic) bond motifs is 10. The molecule has 9 aromatic rings. The van der Waals surface area contributed by atoms with Gasteiger partial charge >= 0.3 is 28.9 Å². The number of Topliss-reactive ketones (excluding diaryl/α,β-unsaturated/α-hetero) is 3. The zero-order valence-corrected chi connectivity index (χ0v) is 91.5. The molecule has 8 aliphatic carbocycles. The number of carbonyl (C=O) groups is 6. The summed E-state index contributed by atoms with van der Waals surface area (Å²) in [6.45, 7) is 23.2. The Morgan fingerprint density at radius 3 is 1.21 bits per heavy atom. The molecule has 30 heteroatoms. The van der Waals surface area contributed by atoms with Gasteiger partial charge in [0.05, 0.1) is 39.3 Å². The predicted molar refractivity (Wildman–Crippen MR) is 566 cm³/mol. The second kappa shape index (κ2) is 53.8. The minimum absolute atomic E-state index is 0.00362. The van der Waals surface area contributed by atoms with Crippen LogP contribution in [0.2, 0.25) is 0 Å². The quantitative estimate of drug-likeness (QED) is 0.00840. The molecule has 150 heavy (non-hydrogen) atoms. The van der Waals surface area contributed by atoms with Gasteiger partial charge in [0.25, 0.3) is 5.92 Å². The van der Waals surface area contributed by atoms with E-state index in [1.165, 1.54) is 115 Å². The molecule has 8 fully saturated rings. The second-order valence-corrected chi connectivity index (χ2v) is 51.4. The van der Waals surface area contributed by atoms with Gasteiger partial charge in [-0.3, -0.25) is 19.2 Å². The molecule has 812 valence electrons. The zero-order valence-electron chi connectivity index (χ0n) is 87.4. The Kier molecular flexibility index (Phi) is 43.2. The van der Waals surface area contributed by atoms with Crippen LogP contribution in [0.25, 0.3) is 0 Å². The van der Waals surface area contributed by atoms with Crippen molar-refractivity contribution in [3.8, 4) is 0 Å². The van der Waals surface area contributed by atoms with Gasteiger partial charge in [0.2, 0.25) is 6.17 Å². The summed E-state index contributed by atoms with van der Waals surface area (Å²) < 4.78 is 185. The maximum absolute atomic E-state index is 13.8. The lowest BCUT2D eigenvalue weighted by Crippen LogP contribution is -2.60. The van der Waals surface area contributed by atoms with Crippen LogP contribution in [0.3, 0.4) is 0 Å². The third kappa shape index (κ3) is 30.7. The molecule has 0 saturated heterocycles. The van der Waals surface area contributed by atoms with Crippen LogP contribution in [0.15, 0.2) is 329 Å². The first-order chi connectivity index (χ1) is 71.0. The molecule has 8 aliphatic rings. The topological polar surface area (TPSA) is 254 Å². The fraction of sp³-hybridized carbons (Fsp3) is 0.483. The van der Waals surface area contributed by atoms with Crippen molar-refractivity contribution >= 4 is 88.4 Å². The van der Waals surface area contributed by atoms with E-state index in [-0.39, 0.29) is 109 Å². The van der Waals surface area contributed by atoms with E-state index in [1.807, 2.05) is 20.8 Å². The maximum atomic E-state index is 13.8. The van der Waals surface area contributed by atoms with Crippen LogP contribution < -0.4 is 0 Å². The number of carbonyl (C=O) groups excluding carboxylic acids is 6. The summed E-state index contributed by atoms with van der Waals surface area (Å²) in [4.78, 5) is 86.2. The van der Waals surface area contributed by atoms with Crippen LogP contribution in [0.5, 0.6) is 0 Å². The molecule has 19 atom stereocenters. The summed E-state index contributed by atoms with van der Waals surface area (Å²) >= 11 is 0. The van der Waals surface area contributed by atoms with Crippen LogP contribution in [0.1, 0.15) is 211 Å². The molecular formula is C120H144F9O16S5+. The predicted octanol–water partition coefficient (Wildman–Crippen LogP) is 29.2. The van der Waals surface area contributed by atoms with Crippen molar-refractivity contribution in [1.29, 1.82) is 0 Å². The molecule has 0 aromatic heterocycles. The van der Waals surface area contributed by atoms with Crippen LogP contribution in [-0.4, -0.2) is 116 Å². The van der Waals surface area contributed by atoms with Gasteiger partial charge in [-0.25, -0.2) is 44.0 Å². The van der Waals surface area contributed by atoms with Crippen molar-refractivity contribution in [3.05, 3.63) is 285 Å². The van der Waals surface area contributed by atoms with Crippen molar-refractivity contribution in [2.45, 2.75) is 290 Å². The van der Waals surface area contributed by atoms with Crippen LogP contribution in [0.4, 0.5) is 44.3 Å². The summed E-state index contributed by atoms with van der Waals surface area (Å²) in [7, 11) is -12.3. The average molecular weight is 2170 g/mol. The Hall–Kier alpha value is -9.82. The van der Waals surface area contributed by atoms with Crippen molar-refractivity contribution < 1.29 is 113 Å². The molecule has 9 aromatic carbocycles. The summed E-state index contributed by atoms with van der Waals surface area (Å²) in [5, 5.41) is -5.14. The van der Waals surface area contributed by atoms with Gasteiger partial charge in [0, 0.05) is 55.9 Å². The van der Waals surface area contributed by atoms with E-state index in [0.29, 0.717) is 62.4 Å². The Morgan fingerprint density at radius 2 is 0.827 bits per heavy atom. The molecule has 0 heterocycles. The first-order valence-corrected chi connectivity index (χ1v) is 58.6. The number of hydrogen-bond acceptors (Lipinski definition) is 16. The molecule has 0 radical (unpaired) electrons. The number of rotatable bonds is 28. The second-order valence-electron chi connectivity index (χ2n) is 42.5. The van der Waals surface area contributed by atoms with Gasteiger partial charge in [-0.1, -0.05) is 245 Å². The van der Waals surface area contributed by atoms with Crippen LogP contribution >= 0.6 is 0 Å². The van der Waals surface area contributed by atoms with Gasteiger partial charge < -0.3 is 28.1 Å². The van der Waals surface area contributed by atoms with Crippen LogP contribution in [-0.2, 0) is 95.8 Å². The van der Waals surface area contributed by atoms with Gasteiger partial charge in [0.15, 0.2) is 70.5 Å². The lowest BCUT2D eigenvalue weighted by Gasteiger charge is -2.61. The number of esters is 2. The molecule has 4 unspecified atom stereocenters. The standard InChI is InChI=1S/C30H52O3.C28H39F3O5.3C18H15S.C7H9F3O5S.CHF3O3S/c1-7-32-28(31)33-23-15-17-29(5)22(19-23)11-12-24-26-14-13-25(21(4)10-8-9-20(2)3)30(26,6)18-16-27(24)29;1-15(5-8-24(35)36-14-22(29)28(4,30)31)18-6-7-19-25-20(13-23(34)27(18,19)3)26(2)10-9-17(32)11-16(26)12-21(25)33;3*1-4-10-16(11-5-1)19(17-12-6-2-7-13-17)18-14-8-3-9-15-18;1-4(2)6(11)15-3-5(8)7(9,10)16(12,13)14;2-1(3,4)8(5,6)7/h20-27H,7-19H2,1-6H3;15-16,18-20,22,25H,5-14H2,1-4H3;3*1-15H;5H,1,3H2,2H3,(H,12,13,14);(H,5,6,7)/q;;3*+1;;/p-2/t21-,22?,23+,24+,25-,26+,27+,29+,30-;15?,16-,18+,19-,20-,22?,25-,26-,27+;;;;;/m10...../s1. The van der Waals surface area contributed by atoms with Crippen molar-refractivity contribution in [3.63, 3.8) is 0 Å². The number of ether oxygens (including phenoxy) is 4. The van der Waals surface area contributed by atoms with E-state index in [1.54, 1.807) is 0 Å². The molecule has 0 bridgehead atoms. The Bertz CT molecular complexity index is 5490. The van der Waals surface area contributed by atoms with E-state index >= 15 is 0 Å². The molecule has 0 spiro atoms. The summed E-state index contributed by atoms with van der Waals surface area (Å²) in [5.41, 5.74) is -5.62. The first-order valence-electron chi connectivity index (χ1n) is 52.1. The Morgan fingerprint density at radius 1 is 0.447 bits per heavy atom. The molecule has 0 amide bonds. The minimum atomic E-state index is -6.14. The SMILES string of the molecule is C=C(C)C(=O)OCC(F)C(F)(F)S(=O)(=O)[O-].CC(CCC(=O)OCC(F)C(C)(F)F)[C@H]1CC[C@H]2[C@@H]3C(=O)C[C@@H]4CC(=O)CC[C@]4(C)[C@H]3CC(=O)[C@]12C.CCOC(=O)O[C@H]1CC[C@@]2(C)C(CC[C@H]3[C@@H]4CC[C@H]([C@H](C)CCCC(C)C)[C@@]4(C)CC[C@@H]32)C1.O=S(=O)([O-])C(F)(F)F.c1ccc([S+](c2ccccc2)c2ccccc2)cc1.c1ccc([S+](c2ccccc2)c2ccccc2)cc1.c1ccc([S+](c2ccccc2)c2ccccc2)cc1. The van der Waals surface area contributed by atoms with E-state index in [0.717, 1.165) is 67.6 Å². The van der Waals surface area contributed by atoms with Crippen LogP contribution in [0, 0.1) is 98.6 Å². The average Bonchev–Trinajstić information content (AvgIpc) is 1.53. The highest BCUT2D eigenvalue weighted by Gasteiger charge is 2.67. The zero-order chi connectivity index (χ0) is 109. The van der Waals surface area contributed by atoms with Gasteiger partial charge in [0.1, 0.15) is 36.7 Å². The Labute approximate surface area is 889 Å². The normalized spacial score (nSPS) is 25.5. The third-order valence-electron chi connectivity index (χ3n) is 32.5. The summed E-state index contributed by atoms with van der Waals surface area (Å²) in [6, 6.07) is 96.5. The van der Waals surface area contributed by atoms with E-state index < -0.39 is 86.0 Å². The Balaban J connectivity index is 0.000000172. The lowest BCUT2D eigenvalue weighted by atomic mass is 9.44. The fourth-order valence-corrected chi connectivity index (χ4v) is 31.4. The molecule has 0 N–H and O–H groups in total. The molecular weight excluding hydrogens is 2030 g/mol. The van der Waals surface area contributed by atoms with Crippen molar-refractivity contribution in [2.24, 2.45) is 98.6 Å². The smallest absolute Gasteiger partial charge is 0.508 e. The van der Waals surface area contributed by atoms with Crippen molar-refractivity contribution in [2.75, 3.05) is 19.8 Å². The monoisotopic (exact) mass is 2170 g/mol. The molecule has 16 nitrogen and oxygen atoms in total.